The zero-order valence-corrected chi connectivity index (χ0v) is 25.1. The molecule has 0 amide bonds. The van der Waals surface area contributed by atoms with Crippen molar-refractivity contribution in [1.29, 1.82) is 10.5 Å². The number of nitriles is 2. The first-order valence-corrected chi connectivity index (χ1v) is 15.0. The largest absolute Gasteiger partial charge is 0.369 e. The minimum Gasteiger partial charge on any atom is -0.369 e. The maximum Gasteiger partial charge on any atom is 0.0998 e. The molecular weight excluding hydrogens is 582 g/mol. The molecule has 0 unspecified atom stereocenters. The number of anilines is 2. The maximum atomic E-state index is 9.82. The van der Waals surface area contributed by atoms with Crippen molar-refractivity contribution in [1.82, 2.24) is 0 Å². The van der Waals surface area contributed by atoms with E-state index in [-0.39, 0.29) is 0 Å². The number of benzene rings is 3. The molecule has 0 spiro atoms. The van der Waals surface area contributed by atoms with Crippen LogP contribution in [-0.4, -0.2) is 49.7 Å². The van der Waals surface area contributed by atoms with Crippen molar-refractivity contribution < 1.29 is 0 Å². The Balaban J connectivity index is 1.79. The average molecular weight is 612 g/mol. The molecule has 0 saturated carbocycles. The van der Waals surface area contributed by atoms with Crippen LogP contribution in [0.1, 0.15) is 33.4 Å². The average Bonchev–Trinajstić information content (AvgIpc) is 2.99. The lowest BCUT2D eigenvalue weighted by Crippen LogP contribution is -2.27. The van der Waals surface area contributed by atoms with Gasteiger partial charge in [0.15, 0.2) is 0 Å². The number of halogens is 4. The molecule has 0 N–H and O–H groups in total. The van der Waals surface area contributed by atoms with Crippen LogP contribution < -0.4 is 9.80 Å². The van der Waals surface area contributed by atoms with Crippen LogP contribution in [0.4, 0.5) is 11.4 Å². The van der Waals surface area contributed by atoms with Gasteiger partial charge < -0.3 is 9.80 Å². The fraction of sp³-hybridized carbons (Fsp3) is 0.250. The standard InChI is InChI=1S/C32H30Cl4N4/c33-13-17-39(18-14-34)31-9-3-25(4-10-31)1-7-27-21-30(24-38)28(22-29(27)23-37)8-2-26-5-11-32(12-6-26)40(19-15-35)20-16-36/h1-12,21-22H,13-20H2. The van der Waals surface area contributed by atoms with Crippen molar-refractivity contribution >= 4 is 82.1 Å². The van der Waals surface area contributed by atoms with E-state index in [0.29, 0.717) is 45.8 Å². The summed E-state index contributed by atoms with van der Waals surface area (Å²) in [5, 5.41) is 19.6. The van der Waals surface area contributed by atoms with Crippen LogP contribution in [0, 0.1) is 22.7 Å². The first-order valence-electron chi connectivity index (χ1n) is 12.8. The van der Waals surface area contributed by atoms with E-state index in [2.05, 4.69) is 21.9 Å². The highest BCUT2D eigenvalue weighted by atomic mass is 35.5. The Labute approximate surface area is 257 Å². The Bertz CT molecular complexity index is 1250. The third-order valence-corrected chi connectivity index (χ3v) is 6.98. The molecule has 0 bridgehead atoms. The highest BCUT2D eigenvalue weighted by Crippen LogP contribution is 2.23. The molecule has 3 rings (SSSR count). The number of nitrogens with zero attached hydrogens (tertiary/aromatic N) is 4. The van der Waals surface area contributed by atoms with Gasteiger partial charge in [0.1, 0.15) is 0 Å². The van der Waals surface area contributed by atoms with Gasteiger partial charge in [-0.25, -0.2) is 0 Å². The van der Waals surface area contributed by atoms with E-state index in [4.69, 9.17) is 46.4 Å². The highest BCUT2D eigenvalue weighted by molar-refractivity contribution is 6.19. The van der Waals surface area contributed by atoms with Gasteiger partial charge in [-0.2, -0.15) is 10.5 Å². The van der Waals surface area contributed by atoms with Crippen molar-refractivity contribution in [2.24, 2.45) is 0 Å². The summed E-state index contributed by atoms with van der Waals surface area (Å²) in [6.07, 6.45) is 7.60. The molecule has 0 atom stereocenters. The van der Waals surface area contributed by atoms with E-state index < -0.39 is 0 Å². The summed E-state index contributed by atoms with van der Waals surface area (Å²) in [7, 11) is 0. The lowest BCUT2D eigenvalue weighted by atomic mass is 9.97. The first kappa shape index (κ1) is 31.4. The van der Waals surface area contributed by atoms with Gasteiger partial charge in [-0.1, -0.05) is 48.6 Å². The third kappa shape index (κ3) is 8.95. The van der Waals surface area contributed by atoms with Crippen LogP contribution in [0.5, 0.6) is 0 Å². The summed E-state index contributed by atoms with van der Waals surface area (Å²) >= 11 is 23.7. The van der Waals surface area contributed by atoms with Crippen molar-refractivity contribution in [3.05, 3.63) is 94.0 Å². The van der Waals surface area contributed by atoms with E-state index in [9.17, 15) is 10.5 Å². The fourth-order valence-electron chi connectivity index (χ4n) is 4.22. The van der Waals surface area contributed by atoms with Gasteiger partial charge in [0.25, 0.3) is 0 Å². The van der Waals surface area contributed by atoms with Crippen molar-refractivity contribution in [3.63, 3.8) is 0 Å². The van der Waals surface area contributed by atoms with Crippen molar-refractivity contribution in [2.45, 2.75) is 0 Å². The molecule has 0 aliphatic carbocycles. The second-order valence-electron chi connectivity index (χ2n) is 8.83. The Hall–Kier alpha value is -3.12. The van der Waals surface area contributed by atoms with Gasteiger partial charge in [0, 0.05) is 61.1 Å². The van der Waals surface area contributed by atoms with Crippen molar-refractivity contribution in [3.8, 4) is 12.1 Å². The van der Waals surface area contributed by atoms with E-state index in [1.807, 2.05) is 72.8 Å². The molecule has 0 radical (unpaired) electrons. The third-order valence-electron chi connectivity index (χ3n) is 6.31. The Morgan fingerprint density at radius 2 is 0.850 bits per heavy atom. The van der Waals surface area contributed by atoms with E-state index in [0.717, 1.165) is 48.7 Å². The van der Waals surface area contributed by atoms with E-state index >= 15 is 0 Å². The van der Waals surface area contributed by atoms with Crippen LogP contribution in [-0.2, 0) is 0 Å². The minimum absolute atomic E-state index is 0.495. The molecule has 0 fully saturated rings. The van der Waals surface area contributed by atoms with Crippen LogP contribution in [0.2, 0.25) is 0 Å². The molecule has 0 aliphatic rings. The molecular formula is C32H30Cl4N4. The molecule has 3 aromatic carbocycles. The van der Waals surface area contributed by atoms with Crippen molar-refractivity contribution in [2.75, 3.05) is 59.5 Å². The molecule has 0 aromatic heterocycles. The Morgan fingerprint density at radius 3 is 1.12 bits per heavy atom. The molecule has 206 valence electrons. The summed E-state index contributed by atoms with van der Waals surface area (Å²) in [6.45, 7) is 2.89. The van der Waals surface area contributed by atoms with Crippen LogP contribution in [0.25, 0.3) is 24.3 Å². The molecule has 8 heteroatoms. The summed E-state index contributed by atoms with van der Waals surface area (Å²) in [6, 6.07) is 24.2. The zero-order chi connectivity index (χ0) is 28.7. The number of alkyl halides is 4. The van der Waals surface area contributed by atoms with Crippen LogP contribution >= 0.6 is 46.4 Å². The maximum absolute atomic E-state index is 9.82. The molecule has 0 saturated heterocycles. The number of hydrogen-bond donors (Lipinski definition) is 0. The monoisotopic (exact) mass is 610 g/mol. The zero-order valence-electron chi connectivity index (χ0n) is 22.0. The summed E-state index contributed by atoms with van der Waals surface area (Å²) in [5.74, 6) is 2.10. The van der Waals surface area contributed by atoms with E-state index in [1.165, 1.54) is 0 Å². The van der Waals surface area contributed by atoms with Gasteiger partial charge in [0.2, 0.25) is 0 Å². The number of rotatable bonds is 14. The van der Waals surface area contributed by atoms with Gasteiger partial charge in [0.05, 0.1) is 23.3 Å². The predicted octanol–water partition coefficient (Wildman–Crippen LogP) is 8.34. The smallest absolute Gasteiger partial charge is 0.0998 e. The fourth-order valence-corrected chi connectivity index (χ4v) is 5.03. The normalized spacial score (nSPS) is 11.1. The summed E-state index contributed by atoms with van der Waals surface area (Å²) in [5.41, 5.74) is 6.43. The van der Waals surface area contributed by atoms with Crippen LogP contribution in [0.3, 0.4) is 0 Å². The molecule has 40 heavy (non-hydrogen) atoms. The quantitative estimate of drug-likeness (QED) is 0.136. The minimum atomic E-state index is 0.495. The highest BCUT2D eigenvalue weighted by Gasteiger charge is 2.08. The lowest BCUT2D eigenvalue weighted by molar-refractivity contribution is 0.874. The predicted molar refractivity (Wildman–Crippen MR) is 174 cm³/mol. The second kappa shape index (κ2) is 16.9. The van der Waals surface area contributed by atoms with Crippen LogP contribution in [0.15, 0.2) is 60.7 Å². The molecule has 0 heterocycles. The van der Waals surface area contributed by atoms with E-state index in [1.54, 1.807) is 12.1 Å². The molecule has 3 aromatic rings. The Morgan fingerprint density at radius 1 is 0.525 bits per heavy atom. The van der Waals surface area contributed by atoms with Gasteiger partial charge in [-0.3, -0.25) is 0 Å². The molecule has 0 aliphatic heterocycles. The Kier molecular flexibility index (Phi) is 13.2. The lowest BCUT2D eigenvalue weighted by Gasteiger charge is -2.22. The van der Waals surface area contributed by atoms with Gasteiger partial charge in [-0.15, -0.1) is 46.4 Å². The first-order chi connectivity index (χ1) is 19.6. The molecule has 4 nitrogen and oxygen atoms in total. The topological polar surface area (TPSA) is 54.1 Å². The second-order valence-corrected chi connectivity index (χ2v) is 10.3. The summed E-state index contributed by atoms with van der Waals surface area (Å²) in [4.78, 5) is 4.28. The van der Waals surface area contributed by atoms with Gasteiger partial charge in [-0.05, 0) is 58.7 Å². The summed E-state index contributed by atoms with van der Waals surface area (Å²) < 4.78 is 0. The number of hydrogen-bond acceptors (Lipinski definition) is 4. The SMILES string of the molecule is N#Cc1cc(C=Cc2ccc(N(CCCl)CCCl)cc2)c(C#N)cc1C=Cc1ccc(N(CCCl)CCCl)cc1. The van der Waals surface area contributed by atoms with Gasteiger partial charge >= 0.3 is 0 Å².